The van der Waals surface area contributed by atoms with E-state index >= 15 is 0 Å². The van der Waals surface area contributed by atoms with E-state index in [1.807, 2.05) is 13.0 Å². The van der Waals surface area contributed by atoms with Gasteiger partial charge in [-0.1, -0.05) is 46.1 Å². The van der Waals surface area contributed by atoms with E-state index in [2.05, 4.69) is 20.8 Å². The molecule has 1 N–H and O–H groups in total. The Hall–Kier alpha value is -1.12. The number of carboxylic acids is 1. The van der Waals surface area contributed by atoms with Crippen molar-refractivity contribution in [2.75, 3.05) is 0 Å². The molecule has 4 aliphatic carbocycles. The maximum atomic E-state index is 12.0. The lowest BCUT2D eigenvalue weighted by molar-refractivity contribution is -0.141. The predicted octanol–water partition coefficient (Wildman–Crippen LogP) is 6.66. The highest BCUT2D eigenvalue weighted by Crippen LogP contribution is 2.67. The second kappa shape index (κ2) is 8.10. The minimum absolute atomic E-state index is 0.216. The summed E-state index contributed by atoms with van der Waals surface area (Å²) in [6.45, 7) is 9.35. The van der Waals surface area contributed by atoms with Gasteiger partial charge in [-0.05, 0) is 97.9 Å². The van der Waals surface area contributed by atoms with E-state index < -0.39 is 5.97 Å². The van der Waals surface area contributed by atoms with Crippen molar-refractivity contribution >= 4 is 11.8 Å². The van der Waals surface area contributed by atoms with Crippen molar-refractivity contribution in [3.8, 4) is 0 Å². The molecule has 4 rings (SSSR count). The Morgan fingerprint density at radius 3 is 2.57 bits per heavy atom. The fourth-order valence-electron chi connectivity index (χ4n) is 8.61. The first-order chi connectivity index (χ1) is 14.2. The van der Waals surface area contributed by atoms with Gasteiger partial charge in [-0.2, -0.15) is 0 Å². The molecule has 0 radical (unpaired) electrons. The minimum Gasteiger partial charge on any atom is -0.481 e. The van der Waals surface area contributed by atoms with Gasteiger partial charge in [-0.25, -0.2) is 0 Å². The third-order valence-corrected chi connectivity index (χ3v) is 10.4. The molecular formula is C27H42O3. The van der Waals surface area contributed by atoms with E-state index in [1.165, 1.54) is 44.1 Å². The van der Waals surface area contributed by atoms with E-state index in [4.69, 9.17) is 5.11 Å². The first kappa shape index (κ1) is 22.1. The van der Waals surface area contributed by atoms with Gasteiger partial charge in [0.15, 0.2) is 5.78 Å². The van der Waals surface area contributed by atoms with Gasteiger partial charge in [-0.15, -0.1) is 0 Å². The van der Waals surface area contributed by atoms with Crippen LogP contribution in [0.3, 0.4) is 0 Å². The van der Waals surface area contributed by atoms with Gasteiger partial charge in [0.1, 0.15) is 0 Å². The second-order valence-corrected chi connectivity index (χ2v) is 11.8. The van der Waals surface area contributed by atoms with Crippen LogP contribution in [0.4, 0.5) is 0 Å². The van der Waals surface area contributed by atoms with Crippen molar-refractivity contribution in [3.63, 3.8) is 0 Å². The number of carboxylic acid groups (broad SMARTS) is 1. The topological polar surface area (TPSA) is 54.4 Å². The molecule has 0 bridgehead atoms. The van der Waals surface area contributed by atoms with Crippen molar-refractivity contribution in [1.29, 1.82) is 0 Å². The quantitative estimate of drug-likeness (QED) is 0.528. The van der Waals surface area contributed by atoms with Crippen LogP contribution in [0.15, 0.2) is 11.6 Å². The zero-order valence-corrected chi connectivity index (χ0v) is 19.6. The molecule has 0 aromatic heterocycles. The summed E-state index contributed by atoms with van der Waals surface area (Å²) in [5.41, 5.74) is 2.20. The Balaban J connectivity index is 1.44. The summed E-state index contributed by atoms with van der Waals surface area (Å²) in [7, 11) is 0. The molecule has 0 aromatic carbocycles. The maximum Gasteiger partial charge on any atom is 0.306 e. The van der Waals surface area contributed by atoms with Crippen LogP contribution >= 0.6 is 0 Å². The molecule has 7 unspecified atom stereocenters. The molecule has 0 amide bonds. The van der Waals surface area contributed by atoms with E-state index in [-0.39, 0.29) is 11.3 Å². The van der Waals surface area contributed by atoms with Crippen LogP contribution in [0.5, 0.6) is 0 Å². The fourth-order valence-corrected chi connectivity index (χ4v) is 8.61. The molecule has 4 aliphatic rings. The molecule has 168 valence electrons. The number of aliphatic carboxylic acids is 1. The van der Waals surface area contributed by atoms with Crippen LogP contribution in [-0.4, -0.2) is 16.9 Å². The molecule has 0 aromatic rings. The minimum atomic E-state index is -0.655. The highest BCUT2D eigenvalue weighted by Gasteiger charge is 2.59. The summed E-state index contributed by atoms with van der Waals surface area (Å²) in [5.74, 6) is 3.43. The zero-order valence-electron chi connectivity index (χ0n) is 19.6. The van der Waals surface area contributed by atoms with Crippen LogP contribution < -0.4 is 0 Å². The third kappa shape index (κ3) is 3.58. The molecule has 3 nitrogen and oxygen atoms in total. The molecular weight excluding hydrogens is 372 g/mol. The Kier molecular flexibility index (Phi) is 5.96. The monoisotopic (exact) mass is 414 g/mol. The number of hydrogen-bond donors (Lipinski definition) is 1. The van der Waals surface area contributed by atoms with Crippen LogP contribution in [0.1, 0.15) is 98.3 Å². The van der Waals surface area contributed by atoms with Crippen molar-refractivity contribution < 1.29 is 14.7 Å². The summed E-state index contributed by atoms with van der Waals surface area (Å²) < 4.78 is 0. The molecule has 0 heterocycles. The number of carbonyl (C=O) groups excluding carboxylic acids is 1. The van der Waals surface area contributed by atoms with Crippen molar-refractivity contribution in [3.05, 3.63) is 11.6 Å². The molecule has 3 heteroatoms. The highest BCUT2D eigenvalue weighted by atomic mass is 16.4. The van der Waals surface area contributed by atoms with Crippen LogP contribution in [-0.2, 0) is 9.59 Å². The molecule has 0 saturated heterocycles. The number of rotatable bonds is 6. The molecule has 8 atom stereocenters. The Labute approximate surface area is 183 Å². The van der Waals surface area contributed by atoms with Gasteiger partial charge in [0.25, 0.3) is 0 Å². The average Bonchev–Trinajstić information content (AvgIpc) is 3.05. The lowest BCUT2D eigenvalue weighted by Gasteiger charge is -2.58. The Bertz CT molecular complexity index is 724. The lowest BCUT2D eigenvalue weighted by atomic mass is 9.46. The number of fused-ring (bicyclic) bond motifs is 5. The molecule has 0 aliphatic heterocycles. The van der Waals surface area contributed by atoms with Gasteiger partial charge in [0, 0.05) is 6.42 Å². The van der Waals surface area contributed by atoms with Crippen LogP contribution in [0.2, 0.25) is 0 Å². The van der Waals surface area contributed by atoms with E-state index in [9.17, 15) is 9.59 Å². The highest BCUT2D eigenvalue weighted by molar-refractivity contribution is 5.91. The molecule has 0 spiro atoms. The molecule has 30 heavy (non-hydrogen) atoms. The summed E-state index contributed by atoms with van der Waals surface area (Å²) in [4.78, 5) is 23.2. The Morgan fingerprint density at radius 1 is 1.07 bits per heavy atom. The third-order valence-electron chi connectivity index (χ3n) is 10.4. The summed E-state index contributed by atoms with van der Waals surface area (Å²) in [5, 5.41) is 9.16. The van der Waals surface area contributed by atoms with Crippen molar-refractivity contribution in [2.45, 2.75) is 98.3 Å². The Morgan fingerprint density at radius 2 is 1.83 bits per heavy atom. The number of carbonyl (C=O) groups is 2. The first-order valence-corrected chi connectivity index (χ1v) is 12.6. The second-order valence-electron chi connectivity index (χ2n) is 11.8. The predicted molar refractivity (Wildman–Crippen MR) is 120 cm³/mol. The van der Waals surface area contributed by atoms with Crippen LogP contribution in [0, 0.1) is 46.3 Å². The number of hydrogen-bond acceptors (Lipinski definition) is 2. The normalized spacial score (nSPS) is 42.5. The summed E-state index contributed by atoms with van der Waals surface area (Å²) >= 11 is 0. The fraction of sp³-hybridized carbons (Fsp3) is 0.852. The van der Waals surface area contributed by atoms with Gasteiger partial charge < -0.3 is 5.11 Å². The van der Waals surface area contributed by atoms with Crippen molar-refractivity contribution in [2.24, 2.45) is 46.3 Å². The van der Waals surface area contributed by atoms with Gasteiger partial charge >= 0.3 is 5.97 Å². The number of ketones is 1. The SMILES string of the molecule is CC(CCC[C@@H](C)C(=O)O)C1CCC2C3CCC4=CC(=O)CCC4(C)C3CCC12C. The first-order valence-electron chi connectivity index (χ1n) is 12.6. The standard InChI is InChI=1S/C27H42O3/c1-17(6-5-7-18(2)25(29)30)22-10-11-23-21-9-8-19-16-20(28)12-14-26(19,3)24(21)13-15-27(22,23)4/h16-18,21-24H,5-15H2,1-4H3,(H,29,30)/t17?,18-,21?,22?,23?,24?,26?,27?/m1/s1. The van der Waals surface area contributed by atoms with E-state index in [0.29, 0.717) is 17.1 Å². The smallest absolute Gasteiger partial charge is 0.306 e. The van der Waals surface area contributed by atoms with Gasteiger partial charge in [0.05, 0.1) is 5.92 Å². The summed E-state index contributed by atoms with van der Waals surface area (Å²) in [6, 6.07) is 0. The van der Waals surface area contributed by atoms with E-state index in [0.717, 1.165) is 55.8 Å². The molecule has 3 fully saturated rings. The largest absolute Gasteiger partial charge is 0.481 e. The number of allylic oxidation sites excluding steroid dienone is 1. The van der Waals surface area contributed by atoms with Gasteiger partial charge in [0.2, 0.25) is 0 Å². The van der Waals surface area contributed by atoms with Gasteiger partial charge in [-0.3, -0.25) is 9.59 Å². The van der Waals surface area contributed by atoms with Crippen molar-refractivity contribution in [1.82, 2.24) is 0 Å². The van der Waals surface area contributed by atoms with E-state index in [1.54, 1.807) is 0 Å². The maximum absolute atomic E-state index is 12.0. The average molecular weight is 415 g/mol. The molecule has 3 saturated carbocycles. The summed E-state index contributed by atoms with van der Waals surface area (Å²) in [6.07, 6.45) is 14.7. The van der Waals surface area contributed by atoms with Crippen LogP contribution in [0.25, 0.3) is 0 Å². The lowest BCUT2D eigenvalue weighted by Crippen LogP contribution is -2.50. The zero-order chi connectivity index (χ0) is 21.7.